The topological polar surface area (TPSA) is 32.3 Å². The van der Waals surface area contributed by atoms with Crippen LogP contribution in [-0.4, -0.2) is 36.5 Å². The molecule has 2 rings (SSSR count). The van der Waals surface area contributed by atoms with E-state index in [4.69, 9.17) is 0 Å². The quantitative estimate of drug-likeness (QED) is 0.829. The van der Waals surface area contributed by atoms with Crippen molar-refractivity contribution >= 4 is 5.91 Å². The Labute approximate surface area is 141 Å². The van der Waals surface area contributed by atoms with Crippen LogP contribution in [0.2, 0.25) is 0 Å². The number of carbonyl (C=O) groups is 1. The molecule has 128 valence electrons. The molecule has 3 nitrogen and oxygen atoms in total. The Kier molecular flexibility index (Phi) is 7.10. The van der Waals surface area contributed by atoms with Crippen LogP contribution in [0.5, 0.6) is 0 Å². The summed E-state index contributed by atoms with van der Waals surface area (Å²) in [5.41, 5.74) is 1.29. The van der Waals surface area contributed by atoms with E-state index in [-0.39, 0.29) is 0 Å². The first-order valence-electron chi connectivity index (χ1n) is 9.18. The van der Waals surface area contributed by atoms with Crippen molar-refractivity contribution in [2.24, 2.45) is 5.92 Å². The Morgan fingerprint density at radius 2 is 1.87 bits per heavy atom. The fraction of sp³-hybridized carbons (Fsp3) is 0.650. The molecule has 1 N–H and O–H groups in total. The number of benzene rings is 1. The molecule has 1 aromatic carbocycles. The Morgan fingerprint density at radius 1 is 1.22 bits per heavy atom. The summed E-state index contributed by atoms with van der Waals surface area (Å²) in [7, 11) is 0. The van der Waals surface area contributed by atoms with Gasteiger partial charge in [0.15, 0.2) is 0 Å². The van der Waals surface area contributed by atoms with Crippen LogP contribution in [0.3, 0.4) is 0 Å². The number of amides is 1. The van der Waals surface area contributed by atoms with Crippen molar-refractivity contribution in [3.05, 3.63) is 35.9 Å². The Morgan fingerprint density at radius 3 is 2.43 bits per heavy atom. The lowest BCUT2D eigenvalue weighted by Crippen LogP contribution is -2.46. The van der Waals surface area contributed by atoms with E-state index in [0.29, 0.717) is 30.2 Å². The number of hydrogen-bond acceptors (Lipinski definition) is 2. The van der Waals surface area contributed by atoms with Gasteiger partial charge in [-0.2, -0.15) is 0 Å². The predicted octanol–water partition coefficient (Wildman–Crippen LogP) is 3.81. The van der Waals surface area contributed by atoms with Crippen LogP contribution in [0.15, 0.2) is 30.3 Å². The summed E-state index contributed by atoms with van der Waals surface area (Å²) >= 11 is 0. The van der Waals surface area contributed by atoms with Crippen LogP contribution < -0.4 is 5.32 Å². The highest BCUT2D eigenvalue weighted by atomic mass is 16.2. The van der Waals surface area contributed by atoms with Gasteiger partial charge in [0.1, 0.15) is 0 Å². The lowest BCUT2D eigenvalue weighted by Gasteiger charge is -2.36. The van der Waals surface area contributed by atoms with Gasteiger partial charge in [-0.15, -0.1) is 0 Å². The first kappa shape index (κ1) is 18.0. The molecule has 1 saturated heterocycles. The van der Waals surface area contributed by atoms with E-state index in [9.17, 15) is 4.79 Å². The molecular formula is C20H32N2O. The van der Waals surface area contributed by atoms with Gasteiger partial charge >= 0.3 is 0 Å². The SMILES string of the molecule is CCCN(C(=O)CC(c1ccccc1)C(C)C)C1CCNCC1. The fourth-order valence-corrected chi connectivity index (χ4v) is 3.61. The van der Waals surface area contributed by atoms with Crippen molar-refractivity contribution in [2.75, 3.05) is 19.6 Å². The highest BCUT2D eigenvalue weighted by molar-refractivity contribution is 5.77. The van der Waals surface area contributed by atoms with E-state index in [0.717, 1.165) is 38.9 Å². The number of rotatable bonds is 7. The molecule has 1 atom stereocenters. The third-order valence-corrected chi connectivity index (χ3v) is 4.96. The van der Waals surface area contributed by atoms with Crippen molar-refractivity contribution < 1.29 is 4.79 Å². The maximum Gasteiger partial charge on any atom is 0.223 e. The lowest BCUT2D eigenvalue weighted by molar-refractivity contribution is -0.134. The average molecular weight is 316 g/mol. The molecule has 1 fully saturated rings. The van der Waals surface area contributed by atoms with Crippen LogP contribution in [-0.2, 0) is 4.79 Å². The van der Waals surface area contributed by atoms with Crippen molar-refractivity contribution in [1.82, 2.24) is 10.2 Å². The Bertz CT molecular complexity index is 466. The largest absolute Gasteiger partial charge is 0.340 e. The van der Waals surface area contributed by atoms with Crippen molar-refractivity contribution in [3.63, 3.8) is 0 Å². The number of hydrogen-bond donors (Lipinski definition) is 1. The van der Waals surface area contributed by atoms with Crippen LogP contribution >= 0.6 is 0 Å². The van der Waals surface area contributed by atoms with Crippen LogP contribution in [0.1, 0.15) is 57.9 Å². The summed E-state index contributed by atoms with van der Waals surface area (Å²) in [5.74, 6) is 1.11. The monoisotopic (exact) mass is 316 g/mol. The van der Waals surface area contributed by atoms with Crippen molar-refractivity contribution in [1.29, 1.82) is 0 Å². The van der Waals surface area contributed by atoms with Crippen LogP contribution in [0.25, 0.3) is 0 Å². The van der Waals surface area contributed by atoms with Gasteiger partial charge in [0.05, 0.1) is 0 Å². The van der Waals surface area contributed by atoms with E-state index < -0.39 is 0 Å². The Balaban J connectivity index is 2.08. The van der Waals surface area contributed by atoms with Gasteiger partial charge in [0, 0.05) is 19.0 Å². The second-order valence-electron chi connectivity index (χ2n) is 7.03. The molecule has 0 saturated carbocycles. The summed E-state index contributed by atoms with van der Waals surface area (Å²) in [5, 5.41) is 3.40. The van der Waals surface area contributed by atoms with Gasteiger partial charge in [0.25, 0.3) is 0 Å². The third-order valence-electron chi connectivity index (χ3n) is 4.96. The van der Waals surface area contributed by atoms with Gasteiger partial charge < -0.3 is 10.2 Å². The smallest absolute Gasteiger partial charge is 0.223 e. The molecule has 1 heterocycles. The minimum absolute atomic E-state index is 0.310. The molecule has 0 radical (unpaired) electrons. The number of carbonyl (C=O) groups excluding carboxylic acids is 1. The van der Waals surface area contributed by atoms with Gasteiger partial charge in [-0.3, -0.25) is 4.79 Å². The minimum atomic E-state index is 0.310. The number of piperidine rings is 1. The average Bonchev–Trinajstić information content (AvgIpc) is 2.58. The molecule has 0 aliphatic carbocycles. The van der Waals surface area contributed by atoms with E-state index in [1.165, 1.54) is 5.56 Å². The van der Waals surface area contributed by atoms with Crippen molar-refractivity contribution in [2.45, 2.75) is 58.4 Å². The number of nitrogens with one attached hydrogen (secondary N) is 1. The highest BCUT2D eigenvalue weighted by Gasteiger charge is 2.28. The summed E-state index contributed by atoms with van der Waals surface area (Å²) in [6.45, 7) is 9.57. The fourth-order valence-electron chi connectivity index (χ4n) is 3.61. The summed E-state index contributed by atoms with van der Waals surface area (Å²) < 4.78 is 0. The second-order valence-corrected chi connectivity index (χ2v) is 7.03. The minimum Gasteiger partial charge on any atom is -0.340 e. The molecule has 0 bridgehead atoms. The lowest BCUT2D eigenvalue weighted by atomic mass is 9.85. The normalized spacial score (nSPS) is 17.2. The van der Waals surface area contributed by atoms with Crippen LogP contribution in [0, 0.1) is 5.92 Å². The van der Waals surface area contributed by atoms with Gasteiger partial charge in [0.2, 0.25) is 5.91 Å². The van der Waals surface area contributed by atoms with Gasteiger partial charge in [-0.25, -0.2) is 0 Å². The molecule has 1 amide bonds. The molecule has 1 aromatic rings. The van der Waals surface area contributed by atoms with E-state index in [1.54, 1.807) is 0 Å². The zero-order valence-electron chi connectivity index (χ0n) is 14.9. The molecule has 1 unspecified atom stereocenters. The zero-order chi connectivity index (χ0) is 16.7. The Hall–Kier alpha value is -1.35. The van der Waals surface area contributed by atoms with E-state index in [1.807, 2.05) is 6.07 Å². The molecule has 23 heavy (non-hydrogen) atoms. The van der Waals surface area contributed by atoms with Gasteiger partial charge in [-0.05, 0) is 49.8 Å². The summed E-state index contributed by atoms with van der Waals surface area (Å²) in [6.07, 6.45) is 3.84. The predicted molar refractivity (Wildman–Crippen MR) is 96.5 cm³/mol. The van der Waals surface area contributed by atoms with Crippen molar-refractivity contribution in [3.8, 4) is 0 Å². The zero-order valence-corrected chi connectivity index (χ0v) is 14.9. The standard InChI is InChI=1S/C20H32N2O/c1-4-14-22(18-10-12-21-13-11-18)20(23)15-19(16(2)3)17-8-6-5-7-9-17/h5-9,16,18-19,21H,4,10-15H2,1-3H3. The van der Waals surface area contributed by atoms with Crippen LogP contribution in [0.4, 0.5) is 0 Å². The maximum atomic E-state index is 13.0. The molecular weight excluding hydrogens is 284 g/mol. The van der Waals surface area contributed by atoms with Gasteiger partial charge in [-0.1, -0.05) is 51.1 Å². The molecule has 0 spiro atoms. The van der Waals surface area contributed by atoms with E-state index in [2.05, 4.69) is 55.3 Å². The second kappa shape index (κ2) is 9.07. The summed E-state index contributed by atoms with van der Waals surface area (Å²) in [4.78, 5) is 15.2. The first-order chi connectivity index (χ1) is 11.1. The summed E-state index contributed by atoms with van der Waals surface area (Å²) in [6, 6.07) is 10.9. The molecule has 0 aromatic heterocycles. The molecule has 1 aliphatic rings. The van der Waals surface area contributed by atoms with E-state index >= 15 is 0 Å². The third kappa shape index (κ3) is 5.07. The molecule has 3 heteroatoms. The number of nitrogens with zero attached hydrogens (tertiary/aromatic N) is 1. The maximum absolute atomic E-state index is 13.0. The molecule has 1 aliphatic heterocycles. The first-order valence-corrected chi connectivity index (χ1v) is 9.18. The highest BCUT2D eigenvalue weighted by Crippen LogP contribution is 2.29.